The van der Waals surface area contributed by atoms with E-state index in [2.05, 4.69) is 21.2 Å². The van der Waals surface area contributed by atoms with Crippen molar-refractivity contribution >= 4 is 33.9 Å². The van der Waals surface area contributed by atoms with Crippen molar-refractivity contribution in [2.75, 3.05) is 0 Å². The molecule has 1 aliphatic rings. The van der Waals surface area contributed by atoms with Gasteiger partial charge in [-0.05, 0) is 69.9 Å². The fraction of sp³-hybridized carbons (Fsp3) is 0.120. The second-order valence-corrected chi connectivity index (χ2v) is 8.32. The molecule has 162 valence electrons. The van der Waals surface area contributed by atoms with E-state index >= 15 is 0 Å². The van der Waals surface area contributed by atoms with Crippen molar-refractivity contribution < 1.29 is 18.7 Å². The van der Waals surface area contributed by atoms with Crippen LogP contribution in [0.15, 0.2) is 76.9 Å². The third kappa shape index (κ3) is 5.06. The number of nitrogens with one attached hydrogen (secondary N) is 1. The molecular formula is C25H20BrFN2O3. The van der Waals surface area contributed by atoms with Crippen molar-refractivity contribution in [1.29, 1.82) is 0 Å². The molecule has 1 fully saturated rings. The van der Waals surface area contributed by atoms with Gasteiger partial charge in [0.05, 0.1) is 11.0 Å². The Morgan fingerprint density at radius 1 is 1.00 bits per heavy atom. The van der Waals surface area contributed by atoms with Gasteiger partial charge in [-0.3, -0.25) is 9.69 Å². The summed E-state index contributed by atoms with van der Waals surface area (Å²) in [5, 5.41) is 2.64. The summed E-state index contributed by atoms with van der Waals surface area (Å²) in [5.41, 5.74) is 3.78. The van der Waals surface area contributed by atoms with Crippen molar-refractivity contribution in [3.8, 4) is 5.75 Å². The van der Waals surface area contributed by atoms with Crippen LogP contribution in [0.2, 0.25) is 0 Å². The summed E-state index contributed by atoms with van der Waals surface area (Å²) in [4.78, 5) is 26.2. The topological polar surface area (TPSA) is 58.6 Å². The third-order valence-corrected chi connectivity index (χ3v) is 5.62. The molecule has 32 heavy (non-hydrogen) atoms. The zero-order chi connectivity index (χ0) is 22.7. The first-order valence-corrected chi connectivity index (χ1v) is 10.8. The van der Waals surface area contributed by atoms with E-state index in [1.54, 1.807) is 36.4 Å². The first-order chi connectivity index (χ1) is 15.4. The molecule has 1 saturated heterocycles. The number of carbonyl (C=O) groups excluding carboxylic acids is 2. The van der Waals surface area contributed by atoms with Crippen LogP contribution in [0.1, 0.15) is 22.3 Å². The van der Waals surface area contributed by atoms with Gasteiger partial charge in [-0.25, -0.2) is 9.18 Å². The average molecular weight is 495 g/mol. The highest BCUT2D eigenvalue weighted by Crippen LogP contribution is 2.28. The lowest BCUT2D eigenvalue weighted by molar-refractivity contribution is -0.123. The van der Waals surface area contributed by atoms with E-state index < -0.39 is 6.03 Å². The van der Waals surface area contributed by atoms with Crippen LogP contribution >= 0.6 is 15.9 Å². The maximum Gasteiger partial charge on any atom is 0.329 e. The number of urea groups is 1. The number of ether oxygens (including phenoxy) is 1. The molecule has 3 amide bonds. The highest BCUT2D eigenvalue weighted by molar-refractivity contribution is 9.10. The van der Waals surface area contributed by atoms with Crippen LogP contribution in [0.25, 0.3) is 6.08 Å². The first kappa shape index (κ1) is 21.8. The molecule has 0 unspecified atom stereocenters. The molecule has 0 radical (unpaired) electrons. The molecule has 1 heterocycles. The van der Waals surface area contributed by atoms with Crippen LogP contribution in [0.3, 0.4) is 0 Å². The third-order valence-electron chi connectivity index (χ3n) is 5.00. The van der Waals surface area contributed by atoms with E-state index in [1.165, 1.54) is 17.0 Å². The molecule has 4 rings (SSSR count). The lowest BCUT2D eigenvalue weighted by Gasteiger charge is -2.12. The normalized spacial score (nSPS) is 14.7. The predicted molar refractivity (Wildman–Crippen MR) is 123 cm³/mol. The minimum absolute atomic E-state index is 0.210. The average Bonchev–Trinajstić information content (AvgIpc) is 3.03. The molecule has 0 spiro atoms. The van der Waals surface area contributed by atoms with Crippen molar-refractivity contribution in [3.05, 3.63) is 105 Å². The SMILES string of the molecule is Cc1ccc(CN2C(=O)N/C(=C/c3ccc(OCc4ccc(F)cc4)c(Br)c3)C2=O)cc1. The van der Waals surface area contributed by atoms with Gasteiger partial charge in [-0.1, -0.05) is 48.0 Å². The van der Waals surface area contributed by atoms with Gasteiger partial charge in [0.15, 0.2) is 0 Å². The zero-order valence-corrected chi connectivity index (χ0v) is 18.9. The quantitative estimate of drug-likeness (QED) is 0.360. The standard InChI is InChI=1S/C25H20BrFN2O3/c1-16-2-4-17(5-3-16)14-29-24(30)22(28-25(29)31)13-19-8-11-23(21(26)12-19)32-15-18-6-9-20(27)10-7-18/h2-13H,14-15H2,1H3,(H,28,31)/b22-13+. The van der Waals surface area contributed by atoms with Gasteiger partial charge in [0.1, 0.15) is 23.9 Å². The molecule has 0 atom stereocenters. The Morgan fingerprint density at radius 3 is 2.38 bits per heavy atom. The molecule has 7 heteroatoms. The monoisotopic (exact) mass is 494 g/mol. The van der Waals surface area contributed by atoms with Crippen LogP contribution in [0, 0.1) is 12.7 Å². The molecule has 3 aromatic carbocycles. The summed E-state index contributed by atoms with van der Waals surface area (Å²) in [6.07, 6.45) is 1.63. The Hall–Kier alpha value is -3.45. The smallest absolute Gasteiger partial charge is 0.329 e. The Kier molecular flexibility index (Phi) is 6.37. The van der Waals surface area contributed by atoms with E-state index in [-0.39, 0.29) is 24.0 Å². The molecule has 0 aromatic heterocycles. The van der Waals surface area contributed by atoms with E-state index in [0.29, 0.717) is 16.8 Å². The van der Waals surface area contributed by atoms with Crippen molar-refractivity contribution in [3.63, 3.8) is 0 Å². The molecular weight excluding hydrogens is 475 g/mol. The highest BCUT2D eigenvalue weighted by atomic mass is 79.9. The van der Waals surface area contributed by atoms with Crippen LogP contribution < -0.4 is 10.1 Å². The number of hydrogen-bond acceptors (Lipinski definition) is 3. The minimum Gasteiger partial charge on any atom is -0.488 e. The summed E-state index contributed by atoms with van der Waals surface area (Å²) in [5.74, 6) is -0.0547. The van der Waals surface area contributed by atoms with Gasteiger partial charge in [0.2, 0.25) is 0 Å². The number of carbonyl (C=O) groups is 2. The van der Waals surface area contributed by atoms with Crippen molar-refractivity contribution in [2.24, 2.45) is 0 Å². The van der Waals surface area contributed by atoms with Gasteiger partial charge >= 0.3 is 6.03 Å². The van der Waals surface area contributed by atoms with Crippen LogP contribution in [0.4, 0.5) is 9.18 Å². The Labute approximate surface area is 193 Å². The Morgan fingerprint density at radius 2 is 1.69 bits per heavy atom. The maximum atomic E-state index is 13.0. The van der Waals surface area contributed by atoms with Crippen LogP contribution in [0.5, 0.6) is 5.75 Å². The summed E-state index contributed by atoms with van der Waals surface area (Å²) in [6, 6.07) is 18.7. The summed E-state index contributed by atoms with van der Waals surface area (Å²) in [7, 11) is 0. The molecule has 0 saturated carbocycles. The van der Waals surface area contributed by atoms with Gasteiger partial charge < -0.3 is 10.1 Å². The lowest BCUT2D eigenvalue weighted by atomic mass is 10.1. The molecule has 3 aromatic rings. The summed E-state index contributed by atoms with van der Waals surface area (Å²) in [6.45, 7) is 2.49. The highest BCUT2D eigenvalue weighted by Gasteiger charge is 2.33. The van der Waals surface area contributed by atoms with Crippen LogP contribution in [-0.2, 0) is 17.9 Å². The lowest BCUT2D eigenvalue weighted by Crippen LogP contribution is -2.30. The van der Waals surface area contributed by atoms with E-state index in [1.807, 2.05) is 31.2 Å². The minimum atomic E-state index is -0.444. The van der Waals surface area contributed by atoms with Crippen molar-refractivity contribution in [2.45, 2.75) is 20.1 Å². The molecule has 5 nitrogen and oxygen atoms in total. The van der Waals surface area contributed by atoms with Gasteiger partial charge in [-0.2, -0.15) is 0 Å². The molecule has 1 N–H and O–H groups in total. The Balaban J connectivity index is 1.44. The fourth-order valence-corrected chi connectivity index (χ4v) is 3.73. The molecule has 1 aliphatic heterocycles. The number of benzene rings is 3. The second kappa shape index (κ2) is 9.36. The number of rotatable bonds is 6. The second-order valence-electron chi connectivity index (χ2n) is 7.47. The number of imide groups is 1. The number of aryl methyl sites for hydroxylation is 1. The van der Waals surface area contributed by atoms with Crippen molar-refractivity contribution in [1.82, 2.24) is 10.2 Å². The van der Waals surface area contributed by atoms with E-state index in [9.17, 15) is 14.0 Å². The predicted octanol–water partition coefficient (Wildman–Crippen LogP) is 5.57. The van der Waals surface area contributed by atoms with E-state index in [4.69, 9.17) is 4.74 Å². The maximum absolute atomic E-state index is 13.0. The fourth-order valence-electron chi connectivity index (χ4n) is 3.22. The van der Waals surface area contributed by atoms with Gasteiger partial charge in [0.25, 0.3) is 5.91 Å². The van der Waals surface area contributed by atoms with Gasteiger partial charge in [0, 0.05) is 0 Å². The molecule has 0 aliphatic carbocycles. The zero-order valence-electron chi connectivity index (χ0n) is 17.3. The number of halogens is 2. The van der Waals surface area contributed by atoms with Gasteiger partial charge in [-0.15, -0.1) is 0 Å². The summed E-state index contributed by atoms with van der Waals surface area (Å²) < 4.78 is 19.5. The summed E-state index contributed by atoms with van der Waals surface area (Å²) >= 11 is 3.47. The van der Waals surface area contributed by atoms with E-state index in [0.717, 1.165) is 22.3 Å². The number of amides is 3. The number of nitrogens with zero attached hydrogens (tertiary/aromatic N) is 1. The first-order valence-electron chi connectivity index (χ1n) is 9.96. The van der Waals surface area contributed by atoms with Crippen LogP contribution in [-0.4, -0.2) is 16.8 Å². The number of hydrogen-bond donors (Lipinski definition) is 1. The Bertz CT molecular complexity index is 1190. The largest absolute Gasteiger partial charge is 0.488 e. The molecule has 0 bridgehead atoms.